The number of nitrogens with zero attached hydrogens (tertiary/aromatic N) is 4. The molecule has 7 nitrogen and oxygen atoms in total. The molecule has 0 aromatic carbocycles. The number of hydrogen-bond donors (Lipinski definition) is 1. The van der Waals surface area contributed by atoms with Crippen LogP contribution in [-0.2, 0) is 9.53 Å². The second kappa shape index (κ2) is 5.51. The number of carbonyl (C=O) groups is 1. The SMILES string of the molecule is CCOC(=O)C1CCN(C)c2nc(SC)nc3n[nH]c1c23. The number of ether oxygens (including phenoxy) is 1. The van der Waals surface area contributed by atoms with E-state index in [1.54, 1.807) is 0 Å². The molecule has 0 fully saturated rings. The average molecular weight is 307 g/mol. The number of hydrogen-bond acceptors (Lipinski definition) is 7. The molecule has 0 spiro atoms. The summed E-state index contributed by atoms with van der Waals surface area (Å²) in [6.45, 7) is 2.91. The van der Waals surface area contributed by atoms with Crippen molar-refractivity contribution < 1.29 is 9.53 Å². The summed E-state index contributed by atoms with van der Waals surface area (Å²) in [5.41, 5.74) is 1.36. The van der Waals surface area contributed by atoms with Gasteiger partial charge in [0.05, 0.1) is 17.7 Å². The Labute approximate surface area is 126 Å². The van der Waals surface area contributed by atoms with Gasteiger partial charge in [-0.05, 0) is 19.6 Å². The van der Waals surface area contributed by atoms with Crippen LogP contribution in [0.5, 0.6) is 0 Å². The number of carbonyl (C=O) groups excluding carboxylic acids is 1. The molecule has 0 saturated heterocycles. The smallest absolute Gasteiger partial charge is 0.315 e. The average Bonchev–Trinajstić information content (AvgIpc) is 2.84. The quantitative estimate of drug-likeness (QED) is 0.523. The second-order valence-corrected chi connectivity index (χ2v) is 5.66. The van der Waals surface area contributed by atoms with Crippen LogP contribution >= 0.6 is 11.8 Å². The van der Waals surface area contributed by atoms with Crippen LogP contribution in [0.4, 0.5) is 5.82 Å². The van der Waals surface area contributed by atoms with E-state index in [9.17, 15) is 4.79 Å². The minimum atomic E-state index is -0.345. The number of anilines is 1. The fourth-order valence-electron chi connectivity index (χ4n) is 2.58. The van der Waals surface area contributed by atoms with Gasteiger partial charge in [0, 0.05) is 13.6 Å². The Balaban J connectivity index is 2.17. The predicted octanol–water partition coefficient (Wildman–Crippen LogP) is 1.56. The van der Waals surface area contributed by atoms with E-state index in [0.717, 1.165) is 23.4 Å². The lowest BCUT2D eigenvalue weighted by atomic mass is 10.0. The van der Waals surface area contributed by atoms with Gasteiger partial charge in [0.15, 0.2) is 10.8 Å². The molecule has 0 amide bonds. The zero-order valence-corrected chi connectivity index (χ0v) is 13.0. The standard InChI is InChI=1S/C13H17N5O2S/c1-4-20-12(19)7-5-6-18(2)11-8-9(7)16-17-10(8)14-13(15-11)21-3/h7H,4-6H2,1-3H3,(H,14,15,16,17). The number of aromatic amines is 1. The molecule has 0 bridgehead atoms. The molecule has 3 heterocycles. The second-order valence-electron chi connectivity index (χ2n) is 4.88. The zero-order chi connectivity index (χ0) is 15.0. The normalized spacial score (nSPS) is 17.9. The molecule has 1 aliphatic heterocycles. The Morgan fingerprint density at radius 1 is 1.52 bits per heavy atom. The van der Waals surface area contributed by atoms with Crippen molar-refractivity contribution in [3.63, 3.8) is 0 Å². The lowest BCUT2D eigenvalue weighted by Gasteiger charge is -2.17. The number of thioether (sulfide) groups is 1. The zero-order valence-electron chi connectivity index (χ0n) is 12.2. The van der Waals surface area contributed by atoms with Gasteiger partial charge >= 0.3 is 5.97 Å². The molecule has 8 heteroatoms. The van der Waals surface area contributed by atoms with Crippen LogP contribution in [0.15, 0.2) is 5.16 Å². The first-order valence-electron chi connectivity index (χ1n) is 6.83. The highest BCUT2D eigenvalue weighted by molar-refractivity contribution is 7.98. The van der Waals surface area contributed by atoms with Gasteiger partial charge in [0.2, 0.25) is 0 Å². The molecule has 112 valence electrons. The highest BCUT2D eigenvalue weighted by Gasteiger charge is 2.32. The Morgan fingerprint density at radius 3 is 3.05 bits per heavy atom. The van der Waals surface area contributed by atoms with Crippen LogP contribution < -0.4 is 4.90 Å². The van der Waals surface area contributed by atoms with Crippen LogP contribution in [0.2, 0.25) is 0 Å². The largest absolute Gasteiger partial charge is 0.465 e. The highest BCUT2D eigenvalue weighted by Crippen LogP contribution is 2.36. The van der Waals surface area contributed by atoms with Crippen molar-refractivity contribution in [2.75, 3.05) is 31.4 Å². The molecule has 2 aromatic rings. The number of esters is 1. The van der Waals surface area contributed by atoms with E-state index in [4.69, 9.17) is 4.74 Å². The summed E-state index contributed by atoms with van der Waals surface area (Å²) >= 11 is 1.48. The Kier molecular flexibility index (Phi) is 3.71. The van der Waals surface area contributed by atoms with Crippen LogP contribution in [0, 0.1) is 0 Å². The minimum absolute atomic E-state index is 0.224. The molecule has 0 saturated carbocycles. The van der Waals surface area contributed by atoms with Crippen molar-refractivity contribution in [2.45, 2.75) is 24.4 Å². The third-order valence-electron chi connectivity index (χ3n) is 3.62. The molecule has 1 N–H and O–H groups in total. The summed E-state index contributed by atoms with van der Waals surface area (Å²) in [5.74, 6) is 0.250. The van der Waals surface area contributed by atoms with Crippen molar-refractivity contribution in [3.05, 3.63) is 5.69 Å². The summed E-state index contributed by atoms with van der Waals surface area (Å²) in [7, 11) is 1.97. The molecule has 1 aliphatic rings. The van der Waals surface area contributed by atoms with Gasteiger partial charge in [0.25, 0.3) is 0 Å². The molecule has 3 rings (SSSR count). The van der Waals surface area contributed by atoms with E-state index < -0.39 is 0 Å². The van der Waals surface area contributed by atoms with Crippen molar-refractivity contribution >= 4 is 34.6 Å². The highest BCUT2D eigenvalue weighted by atomic mass is 32.2. The third kappa shape index (κ3) is 2.33. The molecule has 0 radical (unpaired) electrons. The monoisotopic (exact) mass is 307 g/mol. The molecular weight excluding hydrogens is 290 g/mol. The van der Waals surface area contributed by atoms with Gasteiger partial charge in [-0.2, -0.15) is 5.10 Å². The van der Waals surface area contributed by atoms with Crippen LogP contribution in [0.25, 0.3) is 11.0 Å². The lowest BCUT2D eigenvalue weighted by Crippen LogP contribution is -2.23. The lowest BCUT2D eigenvalue weighted by molar-refractivity contribution is -0.145. The Hall–Kier alpha value is -1.83. The summed E-state index contributed by atoms with van der Waals surface area (Å²) in [4.78, 5) is 23.2. The summed E-state index contributed by atoms with van der Waals surface area (Å²) in [6, 6.07) is 0. The van der Waals surface area contributed by atoms with Gasteiger partial charge in [-0.15, -0.1) is 0 Å². The Bertz CT molecular complexity index is 686. The first kappa shape index (κ1) is 14.1. The molecule has 1 atom stereocenters. The van der Waals surface area contributed by atoms with E-state index in [0.29, 0.717) is 23.8 Å². The number of H-pyrrole nitrogens is 1. The first-order chi connectivity index (χ1) is 10.2. The number of nitrogens with one attached hydrogen (secondary N) is 1. The molecule has 21 heavy (non-hydrogen) atoms. The molecular formula is C13H17N5O2S. The van der Waals surface area contributed by atoms with Gasteiger partial charge in [0.1, 0.15) is 11.7 Å². The van der Waals surface area contributed by atoms with E-state index in [1.807, 2.05) is 25.1 Å². The first-order valence-corrected chi connectivity index (χ1v) is 8.06. The van der Waals surface area contributed by atoms with E-state index in [-0.39, 0.29) is 11.9 Å². The molecule has 1 unspecified atom stereocenters. The van der Waals surface area contributed by atoms with Gasteiger partial charge in [-0.3, -0.25) is 9.89 Å². The summed E-state index contributed by atoms with van der Waals surface area (Å²) in [5, 5.41) is 8.71. The van der Waals surface area contributed by atoms with Crippen LogP contribution in [-0.4, -0.2) is 52.6 Å². The van der Waals surface area contributed by atoms with E-state index in [1.165, 1.54) is 11.8 Å². The maximum atomic E-state index is 12.2. The predicted molar refractivity (Wildman–Crippen MR) is 80.7 cm³/mol. The van der Waals surface area contributed by atoms with Crippen molar-refractivity contribution in [2.24, 2.45) is 0 Å². The number of rotatable bonds is 3. The van der Waals surface area contributed by atoms with Crippen LogP contribution in [0.1, 0.15) is 25.0 Å². The van der Waals surface area contributed by atoms with Crippen molar-refractivity contribution in [1.82, 2.24) is 20.2 Å². The molecule has 0 aliphatic carbocycles. The van der Waals surface area contributed by atoms with Gasteiger partial charge in [-0.25, -0.2) is 9.97 Å². The summed E-state index contributed by atoms with van der Waals surface area (Å²) < 4.78 is 5.18. The fraction of sp³-hybridized carbons (Fsp3) is 0.538. The maximum absolute atomic E-state index is 12.2. The maximum Gasteiger partial charge on any atom is 0.315 e. The topological polar surface area (TPSA) is 84.0 Å². The third-order valence-corrected chi connectivity index (χ3v) is 4.17. The van der Waals surface area contributed by atoms with E-state index >= 15 is 0 Å². The van der Waals surface area contributed by atoms with Gasteiger partial charge < -0.3 is 9.64 Å². The molecule has 2 aromatic heterocycles. The summed E-state index contributed by atoms with van der Waals surface area (Å²) in [6.07, 6.45) is 2.59. The fourth-order valence-corrected chi connectivity index (χ4v) is 2.94. The Morgan fingerprint density at radius 2 is 2.33 bits per heavy atom. The number of aromatic nitrogens is 4. The van der Waals surface area contributed by atoms with Crippen molar-refractivity contribution in [1.29, 1.82) is 0 Å². The van der Waals surface area contributed by atoms with Gasteiger partial charge in [-0.1, -0.05) is 11.8 Å². The van der Waals surface area contributed by atoms with Crippen molar-refractivity contribution in [3.8, 4) is 0 Å². The minimum Gasteiger partial charge on any atom is -0.465 e. The van der Waals surface area contributed by atoms with Crippen LogP contribution in [0.3, 0.4) is 0 Å². The van der Waals surface area contributed by atoms with E-state index in [2.05, 4.69) is 20.2 Å².